The third-order valence-corrected chi connectivity index (χ3v) is 8.14. The molecule has 0 bridgehead atoms. The maximum atomic E-state index is 14.0. The lowest BCUT2D eigenvalue weighted by Gasteiger charge is -2.34. The molecular formula is C29H34N2O6. The molecule has 8 nitrogen and oxygen atoms in total. The number of rotatable bonds is 8. The van der Waals surface area contributed by atoms with E-state index >= 15 is 0 Å². The largest absolute Gasteiger partial charge is 0.508 e. The van der Waals surface area contributed by atoms with Crippen molar-refractivity contribution < 1.29 is 29.3 Å². The lowest BCUT2D eigenvalue weighted by molar-refractivity contribution is -0.152. The summed E-state index contributed by atoms with van der Waals surface area (Å²) >= 11 is 0. The van der Waals surface area contributed by atoms with Crippen molar-refractivity contribution >= 4 is 17.8 Å². The SMILES string of the molecule is CCCOc1ccc(C2NC(Cc3ccc(O)cc3)(C(=O)O)C3C(=O)N(C4CCCCC4)C(=O)C23)cc1. The Labute approximate surface area is 216 Å². The molecule has 1 aliphatic carbocycles. The summed E-state index contributed by atoms with van der Waals surface area (Å²) in [6, 6.07) is 12.8. The van der Waals surface area contributed by atoms with E-state index in [1.54, 1.807) is 12.1 Å². The molecule has 2 aromatic carbocycles. The Bertz CT molecular complexity index is 1160. The monoisotopic (exact) mass is 506 g/mol. The van der Waals surface area contributed by atoms with E-state index < -0.39 is 29.4 Å². The van der Waals surface area contributed by atoms with Crippen molar-refractivity contribution in [3.63, 3.8) is 0 Å². The number of aromatic hydroxyl groups is 1. The smallest absolute Gasteiger partial charge is 0.325 e. The quantitative estimate of drug-likeness (QED) is 0.466. The van der Waals surface area contributed by atoms with E-state index in [0.29, 0.717) is 17.9 Å². The number of aliphatic carboxylic acids is 1. The van der Waals surface area contributed by atoms with E-state index in [1.165, 1.54) is 17.0 Å². The fourth-order valence-electron chi connectivity index (χ4n) is 6.37. The number of likely N-dealkylation sites (tertiary alicyclic amines) is 1. The van der Waals surface area contributed by atoms with Gasteiger partial charge in [-0.05, 0) is 54.7 Å². The summed E-state index contributed by atoms with van der Waals surface area (Å²) in [6.07, 6.45) is 5.39. The third-order valence-electron chi connectivity index (χ3n) is 8.14. The zero-order chi connectivity index (χ0) is 26.2. The number of phenols is 1. The van der Waals surface area contributed by atoms with E-state index in [9.17, 15) is 24.6 Å². The first-order valence-electron chi connectivity index (χ1n) is 13.2. The molecule has 37 heavy (non-hydrogen) atoms. The highest BCUT2D eigenvalue weighted by atomic mass is 16.5. The molecular weight excluding hydrogens is 472 g/mol. The van der Waals surface area contributed by atoms with Gasteiger partial charge in [-0.2, -0.15) is 0 Å². The van der Waals surface area contributed by atoms with E-state index in [2.05, 4.69) is 5.32 Å². The summed E-state index contributed by atoms with van der Waals surface area (Å²) in [5.41, 5.74) is -0.258. The number of nitrogens with zero attached hydrogens (tertiary/aromatic N) is 1. The number of carboxylic acids is 1. The number of carboxylic acid groups (broad SMARTS) is 1. The zero-order valence-corrected chi connectivity index (χ0v) is 21.1. The lowest BCUT2D eigenvalue weighted by atomic mass is 9.76. The lowest BCUT2D eigenvalue weighted by Crippen LogP contribution is -2.58. The van der Waals surface area contributed by atoms with Crippen molar-refractivity contribution in [1.29, 1.82) is 0 Å². The fourth-order valence-corrected chi connectivity index (χ4v) is 6.37. The molecule has 0 radical (unpaired) electrons. The van der Waals surface area contributed by atoms with Crippen molar-refractivity contribution in [3.8, 4) is 11.5 Å². The van der Waals surface area contributed by atoms with Crippen LogP contribution in [0.1, 0.15) is 62.6 Å². The van der Waals surface area contributed by atoms with Crippen molar-refractivity contribution in [2.45, 2.75) is 69.5 Å². The van der Waals surface area contributed by atoms with Gasteiger partial charge in [-0.3, -0.25) is 24.6 Å². The number of nitrogens with one attached hydrogen (secondary N) is 1. The molecule has 0 spiro atoms. The predicted octanol–water partition coefficient (Wildman–Crippen LogP) is 3.83. The number of imide groups is 1. The van der Waals surface area contributed by atoms with Gasteiger partial charge in [0.05, 0.1) is 18.4 Å². The third kappa shape index (κ3) is 4.48. The summed E-state index contributed by atoms with van der Waals surface area (Å²) in [4.78, 5) is 42.3. The first-order valence-corrected chi connectivity index (χ1v) is 13.2. The number of benzene rings is 2. The number of carbonyl (C=O) groups excluding carboxylic acids is 2. The van der Waals surface area contributed by atoms with Crippen molar-refractivity contribution in [1.82, 2.24) is 10.2 Å². The molecule has 2 amide bonds. The Kier molecular flexibility index (Phi) is 6.94. The molecule has 2 aromatic rings. The van der Waals surface area contributed by atoms with Gasteiger partial charge in [-0.25, -0.2) is 0 Å². The minimum atomic E-state index is -1.67. The van der Waals surface area contributed by atoms with Gasteiger partial charge >= 0.3 is 5.97 Å². The highest BCUT2D eigenvalue weighted by molar-refractivity contribution is 6.09. The van der Waals surface area contributed by atoms with Crippen LogP contribution in [0.25, 0.3) is 0 Å². The van der Waals surface area contributed by atoms with Crippen molar-refractivity contribution in [3.05, 3.63) is 59.7 Å². The second kappa shape index (κ2) is 10.2. The molecule has 4 atom stereocenters. The van der Waals surface area contributed by atoms with Gasteiger partial charge < -0.3 is 14.9 Å². The average Bonchev–Trinajstić information content (AvgIpc) is 3.39. The molecule has 2 heterocycles. The molecule has 1 saturated carbocycles. The summed E-state index contributed by atoms with van der Waals surface area (Å²) in [6.45, 7) is 2.61. The first kappa shape index (κ1) is 25.3. The minimum absolute atomic E-state index is 0.00943. The van der Waals surface area contributed by atoms with Crippen LogP contribution in [-0.4, -0.2) is 51.1 Å². The van der Waals surface area contributed by atoms with Crippen LogP contribution in [0, 0.1) is 11.8 Å². The molecule has 196 valence electrons. The Hall–Kier alpha value is -3.39. The molecule has 4 unspecified atom stereocenters. The molecule has 0 aromatic heterocycles. The van der Waals surface area contributed by atoms with Gasteiger partial charge in [-0.15, -0.1) is 0 Å². The van der Waals surface area contributed by atoms with Crippen LogP contribution in [0.5, 0.6) is 11.5 Å². The molecule has 5 rings (SSSR count). The average molecular weight is 507 g/mol. The van der Waals surface area contributed by atoms with Crippen LogP contribution < -0.4 is 10.1 Å². The number of fused-ring (bicyclic) bond motifs is 1. The first-order chi connectivity index (χ1) is 17.9. The van der Waals surface area contributed by atoms with Crippen LogP contribution >= 0.6 is 0 Å². The van der Waals surface area contributed by atoms with E-state index in [-0.39, 0.29) is 30.0 Å². The second-order valence-electron chi connectivity index (χ2n) is 10.5. The Morgan fingerprint density at radius 3 is 2.32 bits per heavy atom. The molecule has 3 aliphatic rings. The zero-order valence-electron chi connectivity index (χ0n) is 21.1. The van der Waals surface area contributed by atoms with Gasteiger partial charge in [0.25, 0.3) is 0 Å². The van der Waals surface area contributed by atoms with E-state index in [0.717, 1.165) is 44.1 Å². The standard InChI is InChI=1S/C29H34N2O6/c1-2-16-37-22-14-10-19(11-15-22)25-23-24(27(34)31(26(23)33)20-6-4-3-5-7-20)29(30-25,28(35)36)17-18-8-12-21(32)13-9-18/h8-15,20,23-25,30,32H,2-7,16-17H2,1H3,(H,35,36). The molecule has 2 saturated heterocycles. The van der Waals surface area contributed by atoms with E-state index in [4.69, 9.17) is 4.74 Å². The van der Waals surface area contributed by atoms with Crippen molar-refractivity contribution in [2.24, 2.45) is 11.8 Å². The van der Waals surface area contributed by atoms with Crippen molar-refractivity contribution in [2.75, 3.05) is 6.61 Å². The number of hydrogen-bond acceptors (Lipinski definition) is 6. The summed E-state index contributed by atoms with van der Waals surface area (Å²) in [5, 5.41) is 23.6. The number of carbonyl (C=O) groups is 3. The van der Waals surface area contributed by atoms with Crippen LogP contribution in [0.2, 0.25) is 0 Å². The second-order valence-corrected chi connectivity index (χ2v) is 10.5. The van der Waals surface area contributed by atoms with Gasteiger partial charge in [0, 0.05) is 18.5 Å². The Morgan fingerprint density at radius 2 is 1.70 bits per heavy atom. The minimum Gasteiger partial charge on any atom is -0.508 e. The highest BCUT2D eigenvalue weighted by Crippen LogP contribution is 2.51. The van der Waals surface area contributed by atoms with Crippen LogP contribution in [0.3, 0.4) is 0 Å². The number of phenolic OH excluding ortho intramolecular Hbond substituents is 1. The van der Waals surface area contributed by atoms with Gasteiger partial charge in [0.1, 0.15) is 17.0 Å². The fraction of sp³-hybridized carbons (Fsp3) is 0.483. The molecule has 8 heteroatoms. The maximum absolute atomic E-state index is 14.0. The Morgan fingerprint density at radius 1 is 1.03 bits per heavy atom. The van der Waals surface area contributed by atoms with Crippen LogP contribution in [0.4, 0.5) is 0 Å². The topological polar surface area (TPSA) is 116 Å². The molecule has 2 aliphatic heterocycles. The normalized spacial score (nSPS) is 27.9. The highest BCUT2D eigenvalue weighted by Gasteiger charge is 2.69. The van der Waals surface area contributed by atoms with Gasteiger partial charge in [0.2, 0.25) is 11.8 Å². The molecule has 3 fully saturated rings. The maximum Gasteiger partial charge on any atom is 0.325 e. The van der Waals surface area contributed by atoms with E-state index in [1.807, 2.05) is 31.2 Å². The van der Waals surface area contributed by atoms with Crippen LogP contribution in [0.15, 0.2) is 48.5 Å². The molecule has 3 N–H and O–H groups in total. The Balaban J connectivity index is 1.55. The number of hydrogen-bond donors (Lipinski definition) is 3. The summed E-state index contributed by atoms with van der Waals surface area (Å²) in [5.74, 6) is -2.90. The number of ether oxygens (including phenoxy) is 1. The summed E-state index contributed by atoms with van der Waals surface area (Å²) < 4.78 is 5.70. The van der Waals surface area contributed by atoms with Gasteiger partial charge in [-0.1, -0.05) is 50.5 Å². The number of amides is 2. The summed E-state index contributed by atoms with van der Waals surface area (Å²) in [7, 11) is 0. The van der Waals surface area contributed by atoms with Crippen LogP contribution in [-0.2, 0) is 20.8 Å². The predicted molar refractivity (Wildman–Crippen MR) is 136 cm³/mol. The van der Waals surface area contributed by atoms with Gasteiger partial charge in [0.15, 0.2) is 0 Å².